The predicted octanol–water partition coefficient (Wildman–Crippen LogP) is 5.24. The fourth-order valence-electron chi connectivity index (χ4n) is 4.63. The van der Waals surface area contributed by atoms with Crippen molar-refractivity contribution in [3.63, 3.8) is 0 Å². The zero-order valence-electron chi connectivity index (χ0n) is 22.1. The second kappa shape index (κ2) is 12.5. The molecule has 0 aliphatic heterocycles. The van der Waals surface area contributed by atoms with Gasteiger partial charge in [-0.3, -0.25) is 0 Å². The molecule has 0 aromatic heterocycles. The lowest BCUT2D eigenvalue weighted by Crippen LogP contribution is -2.44. The lowest BCUT2D eigenvalue weighted by Gasteiger charge is -2.39. The van der Waals surface area contributed by atoms with Crippen molar-refractivity contribution in [2.45, 2.75) is 85.2 Å². The van der Waals surface area contributed by atoms with Crippen LogP contribution >= 0.6 is 0 Å². The number of carbonyl (C=O) groups excluding carboxylic acids is 1. The van der Waals surface area contributed by atoms with Gasteiger partial charge < -0.3 is 20.1 Å². The first kappa shape index (κ1) is 28.8. The van der Waals surface area contributed by atoms with Gasteiger partial charge in [-0.1, -0.05) is 93.9 Å². The van der Waals surface area contributed by atoms with Crippen molar-refractivity contribution in [3.05, 3.63) is 82.9 Å². The van der Waals surface area contributed by atoms with E-state index in [0.717, 1.165) is 22.3 Å². The lowest BCUT2D eigenvalue weighted by atomic mass is 9.72. The first-order valence-electron chi connectivity index (χ1n) is 12.4. The Hall–Kier alpha value is -2.47. The summed E-state index contributed by atoms with van der Waals surface area (Å²) in [6.07, 6.45) is -2.82. The van der Waals surface area contributed by atoms with Gasteiger partial charge in [0, 0.05) is 17.3 Å². The molecule has 0 fully saturated rings. The fraction of sp³-hybridized carbons (Fsp3) is 0.500. The zero-order chi connectivity index (χ0) is 26.3. The summed E-state index contributed by atoms with van der Waals surface area (Å²) in [5.74, 6) is -1.50. The summed E-state index contributed by atoms with van der Waals surface area (Å²) in [6.45, 7) is 13.1. The van der Waals surface area contributed by atoms with Crippen molar-refractivity contribution < 1.29 is 24.9 Å². The molecule has 0 heterocycles. The summed E-state index contributed by atoms with van der Waals surface area (Å²) >= 11 is 0. The maximum Gasteiger partial charge on any atom is 0.336 e. The van der Waals surface area contributed by atoms with E-state index in [9.17, 15) is 20.1 Å². The number of hydrogen-bond acceptors (Lipinski definition) is 5. The van der Waals surface area contributed by atoms with Crippen LogP contribution in [0.2, 0.25) is 0 Å². The maximum absolute atomic E-state index is 13.1. The van der Waals surface area contributed by atoms with Crippen molar-refractivity contribution in [1.82, 2.24) is 0 Å². The zero-order valence-corrected chi connectivity index (χ0v) is 22.1. The van der Waals surface area contributed by atoms with Crippen LogP contribution in [-0.2, 0) is 9.53 Å². The molecule has 0 aliphatic carbocycles. The Balaban J connectivity index is 2.23. The molecule has 5 atom stereocenters. The third kappa shape index (κ3) is 6.81. The van der Waals surface area contributed by atoms with Gasteiger partial charge in [-0.15, -0.1) is 0 Å². The van der Waals surface area contributed by atoms with E-state index in [0.29, 0.717) is 6.42 Å². The highest BCUT2D eigenvalue weighted by molar-refractivity contribution is 5.77. The Morgan fingerprint density at radius 2 is 1.31 bits per heavy atom. The summed E-state index contributed by atoms with van der Waals surface area (Å²) in [6, 6.07) is 18.9. The molecule has 0 radical (unpaired) electrons. The van der Waals surface area contributed by atoms with Gasteiger partial charge in [-0.2, -0.15) is 0 Å². The number of benzene rings is 2. The number of rotatable bonds is 11. The molecule has 2 aromatic carbocycles. The van der Waals surface area contributed by atoms with E-state index in [1.54, 1.807) is 6.92 Å². The fourth-order valence-corrected chi connectivity index (χ4v) is 4.63. The number of hydrogen-bond donors (Lipinski definition) is 3. The molecule has 5 heteroatoms. The summed E-state index contributed by atoms with van der Waals surface area (Å²) in [4.78, 5) is 13.1. The molecule has 0 unspecified atom stereocenters. The molecule has 192 valence electrons. The molecular weight excluding hydrogens is 440 g/mol. The number of esters is 1. The second-order valence-corrected chi connectivity index (χ2v) is 10.2. The second-order valence-electron chi connectivity index (χ2n) is 10.2. The van der Waals surface area contributed by atoms with Crippen LogP contribution in [0.5, 0.6) is 0 Å². The first-order chi connectivity index (χ1) is 16.4. The van der Waals surface area contributed by atoms with E-state index in [1.807, 2.05) is 102 Å². The van der Waals surface area contributed by atoms with Gasteiger partial charge in [0.2, 0.25) is 0 Å². The normalized spacial score (nSPS) is 17.2. The van der Waals surface area contributed by atoms with Crippen LogP contribution in [0.4, 0.5) is 0 Å². The van der Waals surface area contributed by atoms with E-state index in [-0.39, 0.29) is 5.92 Å². The molecule has 2 rings (SSSR count). The van der Waals surface area contributed by atoms with Gasteiger partial charge in [-0.05, 0) is 43.9 Å². The Labute approximate surface area is 210 Å². The van der Waals surface area contributed by atoms with Crippen molar-refractivity contribution in [3.8, 4) is 0 Å². The highest BCUT2D eigenvalue weighted by Gasteiger charge is 2.39. The van der Waals surface area contributed by atoms with Gasteiger partial charge in [-0.25, -0.2) is 4.79 Å². The third-order valence-corrected chi connectivity index (χ3v) is 7.56. The van der Waals surface area contributed by atoms with Gasteiger partial charge in [0.1, 0.15) is 6.10 Å². The van der Waals surface area contributed by atoms with Crippen molar-refractivity contribution >= 4 is 5.97 Å². The molecule has 0 spiro atoms. The van der Waals surface area contributed by atoms with Crippen LogP contribution in [0.1, 0.15) is 71.9 Å². The molecule has 5 nitrogen and oxygen atoms in total. The van der Waals surface area contributed by atoms with Crippen LogP contribution in [0.15, 0.2) is 71.8 Å². The minimum atomic E-state index is -1.38. The molecule has 0 saturated heterocycles. The number of aliphatic hydroxyl groups is 3. The molecular formula is C30H42O5. The minimum absolute atomic E-state index is 0.251. The van der Waals surface area contributed by atoms with Crippen molar-refractivity contribution in [2.24, 2.45) is 11.3 Å². The summed E-state index contributed by atoms with van der Waals surface area (Å²) in [5, 5.41) is 32.5. The molecule has 0 bridgehead atoms. The Morgan fingerprint density at radius 3 is 1.74 bits per heavy atom. The molecule has 0 aliphatic rings. The van der Waals surface area contributed by atoms with E-state index in [4.69, 9.17) is 4.74 Å². The number of aliphatic hydroxyl groups excluding tert-OH is 3. The Bertz CT molecular complexity index is 927. The van der Waals surface area contributed by atoms with Gasteiger partial charge in [0.05, 0.1) is 12.2 Å². The summed E-state index contributed by atoms with van der Waals surface area (Å²) in [5.41, 5.74) is 2.67. The maximum atomic E-state index is 13.1. The lowest BCUT2D eigenvalue weighted by molar-refractivity contribution is -0.157. The summed E-state index contributed by atoms with van der Waals surface area (Å²) in [7, 11) is 0. The van der Waals surface area contributed by atoms with Crippen LogP contribution < -0.4 is 0 Å². The average Bonchev–Trinajstić information content (AvgIpc) is 2.87. The Kier molecular flexibility index (Phi) is 10.3. The highest BCUT2D eigenvalue weighted by Crippen LogP contribution is 2.36. The highest BCUT2D eigenvalue weighted by atomic mass is 16.6. The monoisotopic (exact) mass is 482 g/mol. The molecule has 2 aromatic rings. The average molecular weight is 483 g/mol. The SMILES string of the molecule is CC[C@H](O)C(C)(C)[C@@H](O)[C@@H](C)/C(C)=C(\C)[C@H](C)OC(=O)[C@H](O)C(c1ccccc1)c1ccccc1. The van der Waals surface area contributed by atoms with Crippen LogP contribution in [0.25, 0.3) is 0 Å². The quantitative estimate of drug-likeness (QED) is 0.301. The van der Waals surface area contributed by atoms with Gasteiger partial charge >= 0.3 is 5.97 Å². The first-order valence-corrected chi connectivity index (χ1v) is 12.4. The minimum Gasteiger partial charge on any atom is -0.456 e. The largest absolute Gasteiger partial charge is 0.456 e. The summed E-state index contributed by atoms with van der Waals surface area (Å²) < 4.78 is 5.73. The van der Waals surface area contributed by atoms with Gasteiger partial charge in [0.25, 0.3) is 0 Å². The molecule has 3 N–H and O–H groups in total. The van der Waals surface area contributed by atoms with Crippen molar-refractivity contribution in [2.75, 3.05) is 0 Å². The third-order valence-electron chi connectivity index (χ3n) is 7.56. The van der Waals surface area contributed by atoms with E-state index >= 15 is 0 Å². The van der Waals surface area contributed by atoms with E-state index < -0.39 is 41.7 Å². The van der Waals surface area contributed by atoms with Crippen LogP contribution in [0.3, 0.4) is 0 Å². The molecule has 35 heavy (non-hydrogen) atoms. The molecule has 0 saturated carbocycles. The van der Waals surface area contributed by atoms with E-state index in [2.05, 4.69) is 0 Å². The topological polar surface area (TPSA) is 87.0 Å². The predicted molar refractivity (Wildman–Crippen MR) is 140 cm³/mol. The van der Waals surface area contributed by atoms with Crippen LogP contribution in [-0.4, -0.2) is 45.7 Å². The van der Waals surface area contributed by atoms with Crippen LogP contribution in [0, 0.1) is 11.3 Å². The Morgan fingerprint density at radius 1 is 0.857 bits per heavy atom. The standard InChI is InChI=1S/C30H42O5/c1-8-25(31)30(6,7)28(33)21(4)19(2)20(3)22(5)35-29(34)27(32)26(23-15-11-9-12-16-23)24-17-13-10-14-18-24/h9-18,21-22,25-28,31-33H,8H2,1-7H3/b20-19+/t21-,22-,25-,27+,28-/m0/s1. The smallest absolute Gasteiger partial charge is 0.336 e. The number of ether oxygens (including phenoxy) is 1. The molecule has 0 amide bonds. The van der Waals surface area contributed by atoms with Gasteiger partial charge in [0.15, 0.2) is 6.10 Å². The van der Waals surface area contributed by atoms with Crippen molar-refractivity contribution in [1.29, 1.82) is 0 Å². The number of carbonyl (C=O) groups is 1. The van der Waals surface area contributed by atoms with E-state index in [1.165, 1.54) is 0 Å².